The molecular formula is C15H22N4OS. The van der Waals surface area contributed by atoms with Gasteiger partial charge in [0.2, 0.25) is 0 Å². The van der Waals surface area contributed by atoms with Crippen molar-refractivity contribution in [3.8, 4) is 0 Å². The summed E-state index contributed by atoms with van der Waals surface area (Å²) < 4.78 is 1.77. The van der Waals surface area contributed by atoms with Crippen molar-refractivity contribution in [1.82, 2.24) is 20.0 Å². The standard InChI is InChI=1S/C15H22N4OS/c1-5-6-7-19-14(20)12(16-15(19)21)8-11-9-18(4)17-13(11)10(2)3/h8-10H,5-7H2,1-4H3,(H,16,21)/b12-8-. The second kappa shape index (κ2) is 6.39. The normalized spacial score (nSPS) is 17.2. The average molecular weight is 306 g/mol. The van der Waals surface area contributed by atoms with Gasteiger partial charge in [0.05, 0.1) is 5.69 Å². The van der Waals surface area contributed by atoms with E-state index in [0.717, 1.165) is 24.1 Å². The number of amides is 1. The molecule has 1 amide bonds. The molecule has 1 aromatic heterocycles. The van der Waals surface area contributed by atoms with E-state index >= 15 is 0 Å². The molecule has 0 aliphatic carbocycles. The number of thiocarbonyl (C=S) groups is 1. The number of nitrogens with zero attached hydrogens (tertiary/aromatic N) is 3. The highest BCUT2D eigenvalue weighted by molar-refractivity contribution is 7.80. The molecule has 1 saturated heterocycles. The summed E-state index contributed by atoms with van der Waals surface area (Å²) in [6.07, 6.45) is 5.76. The summed E-state index contributed by atoms with van der Waals surface area (Å²) in [5, 5.41) is 7.96. The minimum Gasteiger partial charge on any atom is -0.328 e. The number of aryl methyl sites for hydroxylation is 1. The van der Waals surface area contributed by atoms with E-state index in [-0.39, 0.29) is 5.91 Å². The first-order valence-electron chi connectivity index (χ1n) is 7.32. The Kier molecular flexibility index (Phi) is 4.77. The molecule has 1 aliphatic rings. The Hall–Kier alpha value is -1.69. The van der Waals surface area contributed by atoms with Gasteiger partial charge in [-0.3, -0.25) is 14.4 Å². The van der Waals surface area contributed by atoms with Gasteiger partial charge in [0.1, 0.15) is 5.70 Å². The van der Waals surface area contributed by atoms with Gasteiger partial charge in [-0.1, -0.05) is 27.2 Å². The van der Waals surface area contributed by atoms with Gasteiger partial charge < -0.3 is 5.32 Å². The molecule has 0 bridgehead atoms. The molecule has 114 valence electrons. The lowest BCUT2D eigenvalue weighted by molar-refractivity contribution is -0.122. The maximum Gasteiger partial charge on any atom is 0.276 e. The van der Waals surface area contributed by atoms with Crippen LogP contribution in [0.1, 0.15) is 50.8 Å². The SMILES string of the molecule is CCCCN1C(=O)/C(=C/c2cn(C)nc2C(C)C)NC1=S. The molecule has 0 radical (unpaired) electrons. The Morgan fingerprint density at radius 1 is 1.48 bits per heavy atom. The highest BCUT2D eigenvalue weighted by atomic mass is 32.1. The molecule has 2 heterocycles. The van der Waals surface area contributed by atoms with E-state index in [2.05, 4.69) is 31.2 Å². The molecule has 2 rings (SSSR count). The van der Waals surface area contributed by atoms with E-state index < -0.39 is 0 Å². The van der Waals surface area contributed by atoms with E-state index in [4.69, 9.17) is 12.2 Å². The molecule has 0 atom stereocenters. The second-order valence-corrected chi connectivity index (χ2v) is 5.98. The Balaban J connectivity index is 2.26. The van der Waals surface area contributed by atoms with Crippen molar-refractivity contribution in [3.63, 3.8) is 0 Å². The Morgan fingerprint density at radius 2 is 2.19 bits per heavy atom. The molecule has 1 aromatic rings. The zero-order valence-electron chi connectivity index (χ0n) is 13.0. The maximum absolute atomic E-state index is 12.4. The number of carbonyl (C=O) groups excluding carboxylic acids is 1. The van der Waals surface area contributed by atoms with Crippen LogP contribution in [0.15, 0.2) is 11.9 Å². The number of hydrogen-bond acceptors (Lipinski definition) is 3. The van der Waals surface area contributed by atoms with E-state index in [1.54, 1.807) is 9.58 Å². The second-order valence-electron chi connectivity index (χ2n) is 5.60. The minimum atomic E-state index is -0.0491. The molecular weight excluding hydrogens is 284 g/mol. The Labute approximate surface area is 131 Å². The van der Waals surface area contributed by atoms with Crippen LogP contribution in [0.25, 0.3) is 6.08 Å². The minimum absolute atomic E-state index is 0.0491. The molecule has 0 unspecified atom stereocenters. The van der Waals surface area contributed by atoms with Gasteiger partial charge in [-0.25, -0.2) is 0 Å². The van der Waals surface area contributed by atoms with Crippen molar-refractivity contribution >= 4 is 29.3 Å². The number of hydrogen-bond donors (Lipinski definition) is 1. The fraction of sp³-hybridized carbons (Fsp3) is 0.533. The average Bonchev–Trinajstić information content (AvgIpc) is 2.90. The smallest absolute Gasteiger partial charge is 0.276 e. The fourth-order valence-corrected chi connectivity index (χ4v) is 2.61. The van der Waals surface area contributed by atoms with Crippen molar-refractivity contribution < 1.29 is 4.79 Å². The summed E-state index contributed by atoms with van der Waals surface area (Å²) in [4.78, 5) is 14.0. The van der Waals surface area contributed by atoms with Gasteiger partial charge in [0.25, 0.3) is 5.91 Å². The maximum atomic E-state index is 12.4. The van der Waals surface area contributed by atoms with E-state index in [1.807, 2.05) is 19.3 Å². The van der Waals surface area contributed by atoms with Crippen LogP contribution in [-0.2, 0) is 11.8 Å². The number of carbonyl (C=O) groups is 1. The van der Waals surface area contributed by atoms with Crippen LogP contribution in [0, 0.1) is 0 Å². The molecule has 0 aromatic carbocycles. The summed E-state index contributed by atoms with van der Waals surface area (Å²) in [6.45, 7) is 6.94. The van der Waals surface area contributed by atoms with Crippen LogP contribution >= 0.6 is 12.2 Å². The van der Waals surface area contributed by atoms with Crippen LogP contribution in [0.5, 0.6) is 0 Å². The fourth-order valence-electron chi connectivity index (χ4n) is 2.33. The molecule has 0 saturated carbocycles. The highest BCUT2D eigenvalue weighted by Crippen LogP contribution is 2.21. The molecule has 5 nitrogen and oxygen atoms in total. The van der Waals surface area contributed by atoms with Gasteiger partial charge in [0.15, 0.2) is 5.11 Å². The van der Waals surface area contributed by atoms with Crippen molar-refractivity contribution in [3.05, 3.63) is 23.2 Å². The van der Waals surface area contributed by atoms with Crippen LogP contribution in [0.3, 0.4) is 0 Å². The van der Waals surface area contributed by atoms with Crippen molar-refractivity contribution in [2.24, 2.45) is 7.05 Å². The molecule has 0 spiro atoms. The predicted octanol–water partition coefficient (Wildman–Crippen LogP) is 2.40. The van der Waals surface area contributed by atoms with Crippen LogP contribution < -0.4 is 5.32 Å². The number of rotatable bonds is 5. The topological polar surface area (TPSA) is 50.2 Å². The monoisotopic (exact) mass is 306 g/mol. The first-order valence-corrected chi connectivity index (χ1v) is 7.73. The van der Waals surface area contributed by atoms with Crippen molar-refractivity contribution in [2.75, 3.05) is 6.54 Å². The van der Waals surface area contributed by atoms with Gasteiger partial charge in [-0.05, 0) is 30.6 Å². The van der Waals surface area contributed by atoms with Gasteiger partial charge >= 0.3 is 0 Å². The molecule has 1 fully saturated rings. The van der Waals surface area contributed by atoms with Gasteiger partial charge in [-0.15, -0.1) is 0 Å². The molecule has 1 N–H and O–H groups in total. The summed E-state index contributed by atoms with van der Waals surface area (Å²) in [6, 6.07) is 0. The first-order chi connectivity index (χ1) is 9.93. The third-order valence-electron chi connectivity index (χ3n) is 3.43. The zero-order valence-corrected chi connectivity index (χ0v) is 13.8. The third-order valence-corrected chi connectivity index (χ3v) is 3.75. The lowest BCUT2D eigenvalue weighted by Crippen LogP contribution is -2.31. The summed E-state index contributed by atoms with van der Waals surface area (Å²) in [5.41, 5.74) is 2.48. The summed E-state index contributed by atoms with van der Waals surface area (Å²) in [7, 11) is 1.88. The lowest BCUT2D eigenvalue weighted by Gasteiger charge is -2.12. The largest absolute Gasteiger partial charge is 0.328 e. The molecule has 6 heteroatoms. The van der Waals surface area contributed by atoms with E-state index in [9.17, 15) is 4.79 Å². The predicted molar refractivity (Wildman–Crippen MR) is 87.6 cm³/mol. The Bertz CT molecular complexity index is 588. The third kappa shape index (κ3) is 3.32. The zero-order chi connectivity index (χ0) is 15.6. The first kappa shape index (κ1) is 15.7. The van der Waals surface area contributed by atoms with Crippen LogP contribution in [0.4, 0.5) is 0 Å². The van der Waals surface area contributed by atoms with Gasteiger partial charge in [0, 0.05) is 25.4 Å². The summed E-state index contributed by atoms with van der Waals surface area (Å²) in [5.74, 6) is 0.254. The Morgan fingerprint density at radius 3 is 2.81 bits per heavy atom. The van der Waals surface area contributed by atoms with E-state index in [1.165, 1.54) is 0 Å². The van der Waals surface area contributed by atoms with Crippen LogP contribution in [0.2, 0.25) is 0 Å². The van der Waals surface area contributed by atoms with E-state index in [0.29, 0.717) is 23.3 Å². The highest BCUT2D eigenvalue weighted by Gasteiger charge is 2.30. The number of unbranched alkanes of at least 4 members (excludes halogenated alkanes) is 1. The van der Waals surface area contributed by atoms with Crippen molar-refractivity contribution in [1.29, 1.82) is 0 Å². The lowest BCUT2D eigenvalue weighted by atomic mass is 10.1. The molecule has 21 heavy (non-hydrogen) atoms. The van der Waals surface area contributed by atoms with Gasteiger partial charge in [-0.2, -0.15) is 5.10 Å². The number of nitrogens with one attached hydrogen (secondary N) is 1. The van der Waals surface area contributed by atoms with Crippen molar-refractivity contribution in [2.45, 2.75) is 39.5 Å². The number of aromatic nitrogens is 2. The van der Waals surface area contributed by atoms with Crippen LogP contribution in [-0.4, -0.2) is 32.2 Å². The molecule has 1 aliphatic heterocycles. The summed E-state index contributed by atoms with van der Waals surface area (Å²) >= 11 is 5.25. The quantitative estimate of drug-likeness (QED) is 0.670.